The maximum atomic E-state index is 13.8. The van der Waals surface area contributed by atoms with E-state index in [4.69, 9.17) is 26.4 Å². The molecule has 0 radical (unpaired) electrons. The fourth-order valence-electron chi connectivity index (χ4n) is 4.55. The number of rotatable bonds is 3. The number of aryl methyl sites for hydroxylation is 1. The average molecular weight is 491 g/mol. The quantitative estimate of drug-likeness (QED) is 0.325. The van der Waals surface area contributed by atoms with Crippen LogP contribution in [0.25, 0.3) is 5.70 Å². The Morgan fingerprint density at radius 3 is 2.50 bits per heavy atom. The molecule has 1 aromatic heterocycles. The number of hydrogen-bond donors (Lipinski definition) is 1. The van der Waals surface area contributed by atoms with Gasteiger partial charge in [-0.1, -0.05) is 65.3 Å². The fourth-order valence-corrected chi connectivity index (χ4v) is 5.07. The molecule has 34 heavy (non-hydrogen) atoms. The molecule has 5 nitrogen and oxygen atoms in total. The van der Waals surface area contributed by atoms with Gasteiger partial charge in [-0.3, -0.25) is 0 Å². The van der Waals surface area contributed by atoms with Crippen molar-refractivity contribution in [1.82, 2.24) is 14.8 Å². The Balaban J connectivity index is 1.63. The van der Waals surface area contributed by atoms with Crippen LogP contribution in [0.3, 0.4) is 0 Å². The predicted octanol–water partition coefficient (Wildman–Crippen LogP) is 6.66. The van der Waals surface area contributed by atoms with Gasteiger partial charge in [0.15, 0.2) is 0 Å². The van der Waals surface area contributed by atoms with Crippen molar-refractivity contribution in [3.8, 4) is 5.75 Å². The molecule has 0 saturated carbocycles. The smallest absolute Gasteiger partial charge is 0.227 e. The van der Waals surface area contributed by atoms with Crippen molar-refractivity contribution in [2.75, 3.05) is 11.6 Å². The van der Waals surface area contributed by atoms with E-state index >= 15 is 0 Å². The van der Waals surface area contributed by atoms with Crippen LogP contribution in [0, 0.1) is 12.7 Å². The third kappa shape index (κ3) is 3.47. The lowest BCUT2D eigenvalue weighted by Gasteiger charge is -2.39. The maximum Gasteiger partial charge on any atom is 0.227 e. The molecule has 0 saturated heterocycles. The minimum atomic E-state index is -0.460. The molecule has 4 aromatic rings. The zero-order chi connectivity index (χ0) is 23.4. The number of nitrogens with one attached hydrogen (secondary N) is 1. The summed E-state index contributed by atoms with van der Waals surface area (Å²) >= 11 is 7.88. The zero-order valence-electron chi connectivity index (χ0n) is 18.4. The molecule has 170 valence electrons. The zero-order valence-corrected chi connectivity index (χ0v) is 20.0. The Bertz CT molecular complexity index is 1430. The van der Waals surface area contributed by atoms with Crippen LogP contribution in [0.2, 0.25) is 5.02 Å². The van der Waals surface area contributed by atoms with Gasteiger partial charge in [-0.2, -0.15) is 4.98 Å². The number of halogens is 2. The van der Waals surface area contributed by atoms with Crippen molar-refractivity contribution in [2.45, 2.75) is 24.2 Å². The second-order valence-electron chi connectivity index (χ2n) is 8.33. The van der Waals surface area contributed by atoms with Crippen molar-refractivity contribution >= 4 is 35.0 Å². The Hall–Kier alpha value is -3.29. The molecule has 6 rings (SSSR count). The lowest BCUT2D eigenvalue weighted by Crippen LogP contribution is -2.32. The van der Waals surface area contributed by atoms with E-state index in [2.05, 4.69) is 36.5 Å². The highest BCUT2D eigenvalue weighted by Gasteiger charge is 2.41. The van der Waals surface area contributed by atoms with E-state index in [0.29, 0.717) is 21.9 Å². The summed E-state index contributed by atoms with van der Waals surface area (Å²) in [6, 6.07) is 20.1. The molecule has 2 atom stereocenters. The van der Waals surface area contributed by atoms with Crippen molar-refractivity contribution in [2.24, 2.45) is 0 Å². The first-order valence-corrected chi connectivity index (χ1v) is 12.4. The van der Waals surface area contributed by atoms with E-state index in [1.54, 1.807) is 12.1 Å². The van der Waals surface area contributed by atoms with Crippen LogP contribution in [0.5, 0.6) is 5.75 Å². The van der Waals surface area contributed by atoms with Gasteiger partial charge >= 0.3 is 0 Å². The molecule has 2 aliphatic heterocycles. The van der Waals surface area contributed by atoms with Crippen LogP contribution in [0.4, 0.5) is 10.3 Å². The average Bonchev–Trinajstić information content (AvgIpc) is 3.27. The number of thioether (sulfide) groups is 1. The number of hydrogen-bond acceptors (Lipinski definition) is 5. The van der Waals surface area contributed by atoms with E-state index in [1.165, 1.54) is 29.5 Å². The number of fused-ring (bicyclic) bond motifs is 3. The molecule has 3 aromatic carbocycles. The van der Waals surface area contributed by atoms with Gasteiger partial charge in [-0.05, 0) is 54.6 Å². The van der Waals surface area contributed by atoms with Crippen LogP contribution < -0.4 is 10.1 Å². The summed E-state index contributed by atoms with van der Waals surface area (Å²) in [4.78, 5) is 4.70. The van der Waals surface area contributed by atoms with Gasteiger partial charge in [0.25, 0.3) is 0 Å². The number of aromatic nitrogens is 3. The normalized spacial score (nSPS) is 18.5. The molecular formula is C26H20ClFN4OS. The Morgan fingerprint density at radius 2 is 1.76 bits per heavy atom. The van der Waals surface area contributed by atoms with Crippen LogP contribution in [-0.4, -0.2) is 21.0 Å². The standard InChI is InChI=1S/C26H20ClFN4OS/c1-14-3-5-15(6-4-14)23-21-22(29-25-30-26(34-2)31-32(23)25)19-13-17(27)9-12-20(19)33-24(21)16-7-10-18(28)11-8-16/h3-13,23-24H,1-2H3,(H,29,30,31)/t23-,24+/m0/s1. The molecule has 1 N–H and O–H groups in total. The van der Waals surface area contributed by atoms with E-state index in [9.17, 15) is 4.39 Å². The van der Waals surface area contributed by atoms with Gasteiger partial charge < -0.3 is 10.1 Å². The third-order valence-electron chi connectivity index (χ3n) is 6.16. The summed E-state index contributed by atoms with van der Waals surface area (Å²) in [6.07, 6.45) is 1.49. The minimum Gasteiger partial charge on any atom is -0.480 e. The summed E-state index contributed by atoms with van der Waals surface area (Å²) < 4.78 is 22.3. The molecule has 2 aliphatic rings. The first-order valence-electron chi connectivity index (χ1n) is 10.8. The predicted molar refractivity (Wildman–Crippen MR) is 133 cm³/mol. The fraction of sp³-hybridized carbons (Fsp3) is 0.154. The molecule has 0 aliphatic carbocycles. The van der Waals surface area contributed by atoms with Crippen molar-refractivity contribution in [3.63, 3.8) is 0 Å². The molecular weight excluding hydrogens is 471 g/mol. The van der Waals surface area contributed by atoms with Crippen LogP contribution in [0.1, 0.15) is 34.4 Å². The number of ether oxygens (including phenoxy) is 1. The largest absolute Gasteiger partial charge is 0.480 e. The van der Waals surface area contributed by atoms with Gasteiger partial charge in [-0.25, -0.2) is 9.07 Å². The topological polar surface area (TPSA) is 52.0 Å². The van der Waals surface area contributed by atoms with E-state index < -0.39 is 6.10 Å². The monoisotopic (exact) mass is 490 g/mol. The molecule has 0 fully saturated rings. The summed E-state index contributed by atoms with van der Waals surface area (Å²) in [5, 5.41) is 9.57. The highest BCUT2D eigenvalue weighted by atomic mass is 35.5. The summed E-state index contributed by atoms with van der Waals surface area (Å²) in [6.45, 7) is 2.06. The molecule has 0 bridgehead atoms. The first kappa shape index (κ1) is 21.3. The maximum absolute atomic E-state index is 13.8. The SMILES string of the molecule is CSc1nc2n(n1)[C@@H](c1ccc(C)cc1)C1=C(N2)c2cc(Cl)ccc2O[C@@H]1c1ccc(F)cc1. The first-order chi connectivity index (χ1) is 16.5. The summed E-state index contributed by atoms with van der Waals surface area (Å²) in [7, 11) is 0. The van der Waals surface area contributed by atoms with Crippen molar-refractivity contribution in [3.05, 3.63) is 105 Å². The molecule has 0 unspecified atom stereocenters. The number of benzene rings is 3. The second-order valence-corrected chi connectivity index (χ2v) is 9.53. The van der Waals surface area contributed by atoms with Gasteiger partial charge in [0.1, 0.15) is 23.7 Å². The number of anilines is 1. The molecule has 3 heterocycles. The highest BCUT2D eigenvalue weighted by Crippen LogP contribution is 2.51. The Labute approximate surface area is 205 Å². The van der Waals surface area contributed by atoms with Gasteiger partial charge in [0.2, 0.25) is 11.1 Å². The Kier molecular flexibility index (Phi) is 5.12. The lowest BCUT2D eigenvalue weighted by molar-refractivity contribution is 0.223. The molecule has 8 heteroatoms. The summed E-state index contributed by atoms with van der Waals surface area (Å²) in [5.74, 6) is 1.06. The van der Waals surface area contributed by atoms with E-state index in [1.807, 2.05) is 29.1 Å². The van der Waals surface area contributed by atoms with Gasteiger partial charge in [0, 0.05) is 16.2 Å². The highest BCUT2D eigenvalue weighted by molar-refractivity contribution is 7.98. The van der Waals surface area contributed by atoms with Crippen molar-refractivity contribution in [1.29, 1.82) is 0 Å². The molecule has 0 spiro atoms. The van der Waals surface area contributed by atoms with Crippen LogP contribution >= 0.6 is 23.4 Å². The van der Waals surface area contributed by atoms with Gasteiger partial charge in [0.05, 0.1) is 5.70 Å². The van der Waals surface area contributed by atoms with Crippen molar-refractivity contribution < 1.29 is 9.13 Å². The van der Waals surface area contributed by atoms with E-state index in [0.717, 1.165) is 28.0 Å². The lowest BCUT2D eigenvalue weighted by atomic mass is 9.84. The van der Waals surface area contributed by atoms with Crippen LogP contribution in [-0.2, 0) is 0 Å². The van der Waals surface area contributed by atoms with Gasteiger partial charge in [-0.15, -0.1) is 5.10 Å². The molecule has 0 amide bonds. The second kappa shape index (κ2) is 8.18. The third-order valence-corrected chi connectivity index (χ3v) is 6.94. The minimum absolute atomic E-state index is 0.276. The van der Waals surface area contributed by atoms with Crippen LogP contribution in [0.15, 0.2) is 77.5 Å². The van der Waals surface area contributed by atoms with E-state index in [-0.39, 0.29) is 11.9 Å². The number of nitrogens with zero attached hydrogens (tertiary/aromatic N) is 3. The summed E-state index contributed by atoms with van der Waals surface area (Å²) in [5.41, 5.74) is 5.79. The Morgan fingerprint density at radius 1 is 1.03 bits per heavy atom.